The van der Waals surface area contributed by atoms with Crippen LogP contribution in [0, 0.1) is 0 Å². The van der Waals surface area contributed by atoms with Gasteiger partial charge in [-0.1, -0.05) is 39.0 Å². The highest BCUT2D eigenvalue weighted by Gasteiger charge is 2.00. The number of hydrogen-bond donors (Lipinski definition) is 3. The zero-order chi connectivity index (χ0) is 17.2. The van der Waals surface area contributed by atoms with Crippen molar-refractivity contribution in [3.63, 3.8) is 0 Å². The molecular weight excluding hydrogens is 284 g/mol. The molecule has 2 amide bonds. The predicted molar refractivity (Wildman–Crippen MR) is 87.4 cm³/mol. The largest absolute Gasteiger partial charge is 0.481 e. The van der Waals surface area contributed by atoms with Gasteiger partial charge in [0.2, 0.25) is 11.8 Å². The number of carboxylic acid groups (broad SMARTS) is 1. The lowest BCUT2D eigenvalue weighted by molar-refractivity contribution is -0.134. The van der Waals surface area contributed by atoms with Crippen LogP contribution in [0.15, 0.2) is 0 Å². The molecule has 22 heavy (non-hydrogen) atoms. The van der Waals surface area contributed by atoms with E-state index < -0.39 is 5.97 Å². The fourth-order valence-corrected chi connectivity index (χ4v) is 1.78. The fraction of sp³-hybridized carbons (Fsp3) is 0.812. The van der Waals surface area contributed by atoms with E-state index in [1.807, 2.05) is 0 Å². The van der Waals surface area contributed by atoms with Gasteiger partial charge in [0.05, 0.1) is 0 Å². The second-order valence-corrected chi connectivity index (χ2v) is 5.31. The van der Waals surface area contributed by atoms with Crippen LogP contribution in [-0.4, -0.2) is 29.4 Å². The Morgan fingerprint density at radius 2 is 1.36 bits per heavy atom. The van der Waals surface area contributed by atoms with Crippen LogP contribution in [0.4, 0.5) is 0 Å². The minimum atomic E-state index is -0.833. The smallest absolute Gasteiger partial charge is 0.300 e. The molecule has 0 fully saturated rings. The number of rotatable bonds is 12. The van der Waals surface area contributed by atoms with E-state index >= 15 is 0 Å². The van der Waals surface area contributed by atoms with Gasteiger partial charge in [-0.3, -0.25) is 14.4 Å². The van der Waals surface area contributed by atoms with Gasteiger partial charge in [-0.05, 0) is 19.3 Å². The van der Waals surface area contributed by atoms with Crippen molar-refractivity contribution in [1.82, 2.24) is 5.32 Å². The van der Waals surface area contributed by atoms with Gasteiger partial charge >= 0.3 is 0 Å². The maximum atomic E-state index is 11.4. The molecule has 0 heterocycles. The fourth-order valence-electron chi connectivity index (χ4n) is 1.78. The van der Waals surface area contributed by atoms with Crippen molar-refractivity contribution in [1.29, 1.82) is 0 Å². The molecule has 0 bridgehead atoms. The van der Waals surface area contributed by atoms with Gasteiger partial charge in [-0.15, -0.1) is 0 Å². The Kier molecular flexibility index (Phi) is 18.0. The summed E-state index contributed by atoms with van der Waals surface area (Å²) < 4.78 is 0. The van der Waals surface area contributed by atoms with E-state index in [2.05, 4.69) is 12.2 Å². The number of carbonyl (C=O) groups excluding carboxylic acids is 2. The van der Waals surface area contributed by atoms with Crippen LogP contribution in [0.1, 0.15) is 78.1 Å². The molecule has 0 spiro atoms. The van der Waals surface area contributed by atoms with Gasteiger partial charge in [-0.2, -0.15) is 0 Å². The highest BCUT2D eigenvalue weighted by Crippen LogP contribution is 2.08. The number of carbonyl (C=O) groups is 3. The molecular formula is C16H32N2O4. The third-order valence-corrected chi connectivity index (χ3v) is 2.93. The Labute approximate surface area is 133 Å². The van der Waals surface area contributed by atoms with E-state index in [4.69, 9.17) is 15.6 Å². The summed E-state index contributed by atoms with van der Waals surface area (Å²) in [6.45, 7) is 4.01. The summed E-state index contributed by atoms with van der Waals surface area (Å²) in [5.74, 6) is -0.865. The molecule has 4 N–H and O–H groups in total. The SMILES string of the molecule is CC(=O)O.CCCCNC(=O)CCCCCCCCC(N)=O. The number of nitrogens with two attached hydrogens (primary N) is 1. The van der Waals surface area contributed by atoms with Gasteiger partial charge in [0.1, 0.15) is 0 Å². The maximum absolute atomic E-state index is 11.4. The average Bonchev–Trinajstić information content (AvgIpc) is 2.41. The van der Waals surface area contributed by atoms with Gasteiger partial charge in [0.15, 0.2) is 0 Å². The summed E-state index contributed by atoms with van der Waals surface area (Å²) in [7, 11) is 0. The normalized spacial score (nSPS) is 9.55. The Bertz CT molecular complexity index is 303. The first-order valence-electron chi connectivity index (χ1n) is 8.14. The second-order valence-electron chi connectivity index (χ2n) is 5.31. The summed E-state index contributed by atoms with van der Waals surface area (Å²) in [6.07, 6.45) is 9.61. The van der Waals surface area contributed by atoms with E-state index in [0.717, 1.165) is 64.8 Å². The maximum Gasteiger partial charge on any atom is 0.300 e. The zero-order valence-electron chi connectivity index (χ0n) is 14.0. The molecule has 0 aliphatic heterocycles. The molecule has 0 aromatic heterocycles. The van der Waals surface area contributed by atoms with E-state index in [1.54, 1.807) is 0 Å². The number of aliphatic carboxylic acids is 1. The van der Waals surface area contributed by atoms with Gasteiger partial charge < -0.3 is 16.2 Å². The average molecular weight is 316 g/mol. The highest BCUT2D eigenvalue weighted by atomic mass is 16.4. The number of nitrogens with one attached hydrogen (secondary N) is 1. The van der Waals surface area contributed by atoms with E-state index in [9.17, 15) is 9.59 Å². The van der Waals surface area contributed by atoms with Crippen LogP contribution in [0.25, 0.3) is 0 Å². The standard InChI is InChI=1S/C14H28N2O2.C2H4O2/c1-2-3-12-16-14(18)11-9-7-5-4-6-8-10-13(15)17;1-2(3)4/h2-12H2,1H3,(H2,15,17)(H,16,18);1H3,(H,3,4). The van der Waals surface area contributed by atoms with E-state index in [-0.39, 0.29) is 11.8 Å². The number of primary amides is 1. The van der Waals surface area contributed by atoms with Crippen LogP contribution in [0.5, 0.6) is 0 Å². The van der Waals surface area contributed by atoms with Crippen molar-refractivity contribution in [2.45, 2.75) is 78.1 Å². The molecule has 0 aliphatic rings. The lowest BCUT2D eigenvalue weighted by atomic mass is 10.1. The number of unbranched alkanes of at least 4 members (excludes halogenated alkanes) is 6. The monoisotopic (exact) mass is 316 g/mol. The molecule has 6 heteroatoms. The molecule has 0 aromatic carbocycles. The Balaban J connectivity index is 0. The number of hydrogen-bond acceptors (Lipinski definition) is 3. The van der Waals surface area contributed by atoms with Crippen LogP contribution in [0.2, 0.25) is 0 Å². The van der Waals surface area contributed by atoms with Crippen molar-refractivity contribution in [2.24, 2.45) is 5.73 Å². The molecule has 0 saturated heterocycles. The van der Waals surface area contributed by atoms with Gasteiger partial charge in [0, 0.05) is 26.3 Å². The van der Waals surface area contributed by atoms with Crippen LogP contribution in [-0.2, 0) is 14.4 Å². The minimum absolute atomic E-state index is 0.178. The first kappa shape index (κ1) is 22.7. The van der Waals surface area contributed by atoms with E-state index in [0.29, 0.717) is 12.8 Å². The van der Waals surface area contributed by atoms with Crippen molar-refractivity contribution < 1.29 is 19.5 Å². The number of amides is 2. The molecule has 0 aromatic rings. The highest BCUT2D eigenvalue weighted by molar-refractivity contribution is 5.75. The minimum Gasteiger partial charge on any atom is -0.481 e. The van der Waals surface area contributed by atoms with Crippen LogP contribution in [0.3, 0.4) is 0 Å². The van der Waals surface area contributed by atoms with Crippen molar-refractivity contribution in [3.8, 4) is 0 Å². The molecule has 0 saturated carbocycles. The van der Waals surface area contributed by atoms with Crippen LogP contribution >= 0.6 is 0 Å². The summed E-state index contributed by atoms with van der Waals surface area (Å²) in [5, 5.41) is 10.3. The molecule has 0 atom stereocenters. The topological polar surface area (TPSA) is 109 Å². The summed E-state index contributed by atoms with van der Waals surface area (Å²) in [6, 6.07) is 0. The van der Waals surface area contributed by atoms with Crippen molar-refractivity contribution in [3.05, 3.63) is 0 Å². The van der Waals surface area contributed by atoms with E-state index in [1.165, 1.54) is 0 Å². The molecule has 0 rings (SSSR count). The van der Waals surface area contributed by atoms with Crippen molar-refractivity contribution in [2.75, 3.05) is 6.54 Å². The lowest BCUT2D eigenvalue weighted by Gasteiger charge is -2.04. The second kappa shape index (κ2) is 17.5. The predicted octanol–water partition coefficient (Wildman–Crippen LogP) is 2.60. The quantitative estimate of drug-likeness (QED) is 0.481. The third kappa shape index (κ3) is 26.9. The lowest BCUT2D eigenvalue weighted by Crippen LogP contribution is -2.23. The Hall–Kier alpha value is -1.59. The molecule has 0 radical (unpaired) electrons. The first-order chi connectivity index (χ1) is 10.4. The molecule has 0 unspecified atom stereocenters. The number of carboxylic acids is 1. The summed E-state index contributed by atoms with van der Waals surface area (Å²) in [5.41, 5.74) is 5.05. The molecule has 130 valence electrons. The Morgan fingerprint density at radius 1 is 0.909 bits per heavy atom. The third-order valence-electron chi connectivity index (χ3n) is 2.93. The summed E-state index contributed by atoms with van der Waals surface area (Å²) >= 11 is 0. The molecule has 0 aliphatic carbocycles. The zero-order valence-corrected chi connectivity index (χ0v) is 14.0. The van der Waals surface area contributed by atoms with Gasteiger partial charge in [-0.25, -0.2) is 0 Å². The van der Waals surface area contributed by atoms with Crippen LogP contribution < -0.4 is 11.1 Å². The summed E-state index contributed by atoms with van der Waals surface area (Å²) in [4.78, 5) is 30.9. The first-order valence-corrected chi connectivity index (χ1v) is 8.14. The van der Waals surface area contributed by atoms with Crippen molar-refractivity contribution >= 4 is 17.8 Å². The Morgan fingerprint density at radius 3 is 1.82 bits per heavy atom. The van der Waals surface area contributed by atoms with Gasteiger partial charge in [0.25, 0.3) is 5.97 Å². The molecule has 6 nitrogen and oxygen atoms in total.